The van der Waals surface area contributed by atoms with Crippen LogP contribution in [0.25, 0.3) is 0 Å². The minimum absolute atomic E-state index is 0.0168. The van der Waals surface area contributed by atoms with Crippen molar-refractivity contribution in [1.82, 2.24) is 4.31 Å². The van der Waals surface area contributed by atoms with E-state index < -0.39 is 21.6 Å². The van der Waals surface area contributed by atoms with Gasteiger partial charge in [0.2, 0.25) is 10.0 Å². The first-order valence-electron chi connectivity index (χ1n) is 7.96. The largest absolute Gasteiger partial charge is 0.479 e. The van der Waals surface area contributed by atoms with Gasteiger partial charge in [-0.1, -0.05) is 13.8 Å². The molecule has 7 heteroatoms. The smallest absolute Gasteiger partial charge is 0.337 e. The van der Waals surface area contributed by atoms with Crippen molar-refractivity contribution in [2.45, 2.75) is 51.6 Å². The van der Waals surface area contributed by atoms with Gasteiger partial charge in [-0.25, -0.2) is 13.2 Å². The fourth-order valence-corrected chi connectivity index (χ4v) is 7.23. The maximum absolute atomic E-state index is 12.8. The van der Waals surface area contributed by atoms with Crippen molar-refractivity contribution in [1.29, 1.82) is 0 Å². The fraction of sp³-hybridized carbons (Fsp3) is 0.933. The topological polar surface area (TPSA) is 94.9 Å². The second kappa shape index (κ2) is 4.68. The molecule has 2 aliphatic carbocycles. The van der Waals surface area contributed by atoms with Crippen LogP contribution in [-0.2, 0) is 14.8 Å². The molecule has 1 aliphatic heterocycles. The molecule has 0 aromatic carbocycles. The average molecular weight is 331 g/mol. The van der Waals surface area contributed by atoms with E-state index in [0.29, 0.717) is 5.92 Å². The Balaban J connectivity index is 1.80. The Hall–Kier alpha value is -0.660. The van der Waals surface area contributed by atoms with E-state index in [9.17, 15) is 18.3 Å². The monoisotopic (exact) mass is 331 g/mol. The first-order chi connectivity index (χ1) is 10.0. The molecule has 6 nitrogen and oxygen atoms in total. The number of carboxylic acid groups (broad SMARTS) is 1. The highest BCUT2D eigenvalue weighted by molar-refractivity contribution is 7.89. The van der Waals surface area contributed by atoms with Crippen molar-refractivity contribution in [3.63, 3.8) is 0 Å². The van der Waals surface area contributed by atoms with Crippen LogP contribution in [-0.4, -0.2) is 53.3 Å². The van der Waals surface area contributed by atoms with Gasteiger partial charge >= 0.3 is 5.97 Å². The highest BCUT2D eigenvalue weighted by atomic mass is 32.2. The summed E-state index contributed by atoms with van der Waals surface area (Å²) in [5.41, 5.74) is -2.11. The summed E-state index contributed by atoms with van der Waals surface area (Å²) < 4.78 is 26.8. The first-order valence-corrected chi connectivity index (χ1v) is 9.57. The zero-order valence-corrected chi connectivity index (χ0v) is 14.0. The number of carboxylic acids is 1. The van der Waals surface area contributed by atoms with Gasteiger partial charge in [0, 0.05) is 13.0 Å². The minimum atomic E-state index is -3.55. The second-order valence-corrected chi connectivity index (χ2v) is 9.92. The Morgan fingerprint density at radius 3 is 2.23 bits per heavy atom. The maximum Gasteiger partial charge on any atom is 0.337 e. The molecule has 2 N–H and O–H groups in total. The van der Waals surface area contributed by atoms with Crippen LogP contribution < -0.4 is 0 Å². The molecule has 1 saturated heterocycles. The molecule has 3 rings (SSSR count). The summed E-state index contributed by atoms with van der Waals surface area (Å²) in [5.74, 6) is -0.665. The lowest BCUT2D eigenvalue weighted by Crippen LogP contribution is -2.46. The summed E-state index contributed by atoms with van der Waals surface area (Å²) in [7, 11) is -3.55. The normalized spacial score (nSPS) is 41.1. The molecule has 3 aliphatic rings. The molecule has 22 heavy (non-hydrogen) atoms. The van der Waals surface area contributed by atoms with Crippen LogP contribution >= 0.6 is 0 Å². The van der Waals surface area contributed by atoms with E-state index in [1.54, 1.807) is 0 Å². The number of rotatable bonds is 4. The molecule has 2 saturated carbocycles. The Morgan fingerprint density at radius 1 is 1.23 bits per heavy atom. The Kier molecular flexibility index (Phi) is 3.44. The number of nitrogens with zero attached hydrogens (tertiary/aromatic N) is 1. The molecule has 1 unspecified atom stereocenters. The molecular formula is C15H25NO5S. The van der Waals surface area contributed by atoms with Crippen molar-refractivity contribution in [3.05, 3.63) is 0 Å². The molecule has 0 radical (unpaired) electrons. The summed E-state index contributed by atoms with van der Waals surface area (Å²) in [5, 5.41) is 19.0. The molecular weight excluding hydrogens is 306 g/mol. The maximum atomic E-state index is 12.8. The fourth-order valence-electron chi connectivity index (χ4n) is 4.91. The van der Waals surface area contributed by atoms with E-state index in [4.69, 9.17) is 5.11 Å². The Labute approximate surface area is 131 Å². The van der Waals surface area contributed by atoms with Gasteiger partial charge in [0.05, 0.1) is 12.3 Å². The van der Waals surface area contributed by atoms with Gasteiger partial charge in [-0.05, 0) is 42.4 Å². The van der Waals surface area contributed by atoms with E-state index in [0.717, 1.165) is 25.7 Å². The zero-order valence-electron chi connectivity index (χ0n) is 13.2. The first kappa shape index (κ1) is 16.2. The molecule has 1 atom stereocenters. The lowest BCUT2D eigenvalue weighted by Gasteiger charge is -2.38. The third-order valence-corrected chi connectivity index (χ3v) is 8.81. The van der Waals surface area contributed by atoms with Gasteiger partial charge < -0.3 is 10.2 Å². The van der Waals surface area contributed by atoms with Crippen LogP contribution in [0.2, 0.25) is 0 Å². The van der Waals surface area contributed by atoms with Crippen molar-refractivity contribution in [2.24, 2.45) is 16.7 Å². The number of hydrogen-bond donors (Lipinski definition) is 2. The highest BCUT2D eigenvalue weighted by Crippen LogP contribution is 2.66. The van der Waals surface area contributed by atoms with Gasteiger partial charge in [-0.3, -0.25) is 0 Å². The molecule has 126 valence electrons. The minimum Gasteiger partial charge on any atom is -0.479 e. The second-order valence-electron chi connectivity index (χ2n) is 7.95. The average Bonchev–Trinajstić information content (AvgIpc) is 2.99. The quantitative estimate of drug-likeness (QED) is 0.803. The Bertz CT molecular complexity index is 591. The van der Waals surface area contributed by atoms with Crippen LogP contribution in [0.3, 0.4) is 0 Å². The molecule has 0 amide bonds. The van der Waals surface area contributed by atoms with Crippen LogP contribution in [0.4, 0.5) is 0 Å². The van der Waals surface area contributed by atoms with Gasteiger partial charge in [0.15, 0.2) is 5.60 Å². The number of aliphatic hydroxyl groups is 1. The SMILES string of the molecule is CC1(C)C2CCC1(CS(=O)(=O)N1CCC(O)(C(=O)O)C1)CC2. The standard InChI is InChI=1S/C15H25NO5S/c1-13(2)11-3-5-14(13,6-4-11)10-22(20,21)16-8-7-15(19,9-16)12(17)18/h11,19H,3-10H2,1-2H3,(H,17,18). The number of carbonyl (C=O) groups is 1. The van der Waals surface area contributed by atoms with Gasteiger partial charge in [0.25, 0.3) is 0 Å². The third kappa shape index (κ3) is 2.12. The predicted octanol–water partition coefficient (Wildman–Crippen LogP) is 1.05. The third-order valence-electron chi connectivity index (χ3n) is 6.79. The van der Waals surface area contributed by atoms with Crippen molar-refractivity contribution < 1.29 is 23.4 Å². The molecule has 1 heterocycles. The van der Waals surface area contributed by atoms with E-state index in [1.165, 1.54) is 4.31 Å². The van der Waals surface area contributed by atoms with Crippen LogP contribution in [0, 0.1) is 16.7 Å². The lowest BCUT2D eigenvalue weighted by molar-refractivity contribution is -0.156. The van der Waals surface area contributed by atoms with Crippen molar-refractivity contribution in [3.8, 4) is 0 Å². The number of aliphatic carboxylic acids is 1. The molecule has 0 spiro atoms. The van der Waals surface area contributed by atoms with Crippen molar-refractivity contribution in [2.75, 3.05) is 18.8 Å². The molecule has 3 fully saturated rings. The lowest BCUT2D eigenvalue weighted by atomic mass is 9.71. The summed E-state index contributed by atoms with van der Waals surface area (Å²) >= 11 is 0. The molecule has 0 aromatic rings. The summed E-state index contributed by atoms with van der Waals surface area (Å²) in [4.78, 5) is 11.1. The van der Waals surface area contributed by atoms with Gasteiger partial charge in [0.1, 0.15) is 0 Å². The number of sulfonamides is 1. The summed E-state index contributed by atoms with van der Waals surface area (Å²) in [6.45, 7) is 4.10. The number of fused-ring (bicyclic) bond motifs is 2. The van der Waals surface area contributed by atoms with Gasteiger partial charge in [-0.2, -0.15) is 4.31 Å². The molecule has 0 aromatic heterocycles. The van der Waals surface area contributed by atoms with Crippen LogP contribution in [0.1, 0.15) is 46.0 Å². The van der Waals surface area contributed by atoms with E-state index >= 15 is 0 Å². The van der Waals surface area contributed by atoms with Crippen LogP contribution in [0.15, 0.2) is 0 Å². The highest BCUT2D eigenvalue weighted by Gasteiger charge is 2.61. The summed E-state index contributed by atoms with van der Waals surface area (Å²) in [6.07, 6.45) is 3.99. The molecule has 2 bridgehead atoms. The summed E-state index contributed by atoms with van der Waals surface area (Å²) in [6, 6.07) is 0. The predicted molar refractivity (Wildman–Crippen MR) is 80.7 cm³/mol. The van der Waals surface area contributed by atoms with Crippen LogP contribution in [0.5, 0.6) is 0 Å². The number of β-amino-alcohol motifs (C(OH)–C–C–N with tert-alkyl or cyclic N) is 1. The zero-order chi connectivity index (χ0) is 16.4. The van der Waals surface area contributed by atoms with Crippen molar-refractivity contribution >= 4 is 16.0 Å². The van der Waals surface area contributed by atoms with E-state index in [1.807, 2.05) is 0 Å². The Morgan fingerprint density at radius 2 is 1.82 bits per heavy atom. The van der Waals surface area contributed by atoms with Gasteiger partial charge in [-0.15, -0.1) is 0 Å². The number of hydrogen-bond acceptors (Lipinski definition) is 4. The van der Waals surface area contributed by atoms with E-state index in [-0.39, 0.29) is 36.1 Å². The van der Waals surface area contributed by atoms with E-state index in [2.05, 4.69) is 13.8 Å².